The SMILES string of the molecule is CC[NH+](CC)CCOc1ccccc1O/C(=C/c1ccccc1)C(C)O.O=C(O)CC(O)(CC(=O)O)C(=O)[O-]. The number of likely N-dealkylation sites (N-methyl/N-ethyl adjacent to an activating group) is 1. The number of carbonyl (C=O) groups is 3. The number of para-hydroxylation sites is 2. The highest BCUT2D eigenvalue weighted by Gasteiger charge is 2.34. The van der Waals surface area contributed by atoms with Gasteiger partial charge in [0.05, 0.1) is 31.9 Å². The number of carboxylic acid groups (broad SMARTS) is 3. The average molecular weight is 548 g/mol. The number of aliphatic carboxylic acids is 3. The third kappa shape index (κ3) is 12.4. The van der Waals surface area contributed by atoms with Gasteiger partial charge >= 0.3 is 11.9 Å². The number of carboxylic acids is 3. The molecule has 0 spiro atoms. The number of rotatable bonds is 15. The molecule has 0 aromatic heterocycles. The molecule has 0 heterocycles. The lowest BCUT2D eigenvalue weighted by atomic mass is 9.96. The second-order valence-electron chi connectivity index (χ2n) is 8.70. The van der Waals surface area contributed by atoms with Crippen LogP contribution in [0.25, 0.3) is 6.08 Å². The molecule has 0 aliphatic rings. The summed E-state index contributed by atoms with van der Waals surface area (Å²) >= 11 is 0. The van der Waals surface area contributed by atoms with Crippen molar-refractivity contribution in [3.63, 3.8) is 0 Å². The Balaban J connectivity index is 0.000000495. The molecule has 0 bridgehead atoms. The van der Waals surface area contributed by atoms with Gasteiger partial charge in [-0.05, 0) is 44.5 Å². The third-order valence-corrected chi connectivity index (χ3v) is 5.58. The summed E-state index contributed by atoms with van der Waals surface area (Å²) in [4.78, 5) is 31.8. The fraction of sp³-hybridized carbons (Fsp3) is 0.393. The summed E-state index contributed by atoms with van der Waals surface area (Å²) in [5.74, 6) is -3.55. The molecule has 2 rings (SSSR count). The zero-order valence-electron chi connectivity index (χ0n) is 22.3. The van der Waals surface area contributed by atoms with E-state index in [1.807, 2.05) is 60.7 Å². The highest BCUT2D eigenvalue weighted by molar-refractivity contribution is 5.86. The van der Waals surface area contributed by atoms with Crippen LogP contribution in [0.2, 0.25) is 0 Å². The number of benzene rings is 2. The van der Waals surface area contributed by atoms with Crippen LogP contribution in [-0.2, 0) is 14.4 Å². The Morgan fingerprint density at radius 3 is 1.92 bits per heavy atom. The van der Waals surface area contributed by atoms with Crippen LogP contribution in [0.3, 0.4) is 0 Å². The molecule has 0 amide bonds. The fourth-order valence-electron chi connectivity index (χ4n) is 3.35. The van der Waals surface area contributed by atoms with E-state index in [2.05, 4.69) is 13.8 Å². The third-order valence-electron chi connectivity index (χ3n) is 5.58. The van der Waals surface area contributed by atoms with E-state index < -0.39 is 42.5 Å². The maximum absolute atomic E-state index is 10.2. The molecule has 5 N–H and O–H groups in total. The van der Waals surface area contributed by atoms with Gasteiger partial charge in [0.25, 0.3) is 0 Å². The molecular weight excluding hydrogens is 510 g/mol. The molecule has 0 saturated heterocycles. The van der Waals surface area contributed by atoms with Gasteiger partial charge in [-0.3, -0.25) is 9.59 Å². The molecule has 1 unspecified atom stereocenters. The number of aliphatic hydroxyl groups excluding tert-OH is 1. The smallest absolute Gasteiger partial charge is 0.306 e. The summed E-state index contributed by atoms with van der Waals surface area (Å²) in [6.45, 7) is 9.81. The maximum Gasteiger partial charge on any atom is 0.306 e. The van der Waals surface area contributed by atoms with E-state index in [1.165, 1.54) is 4.90 Å². The zero-order chi connectivity index (χ0) is 29.4. The Labute approximate surface area is 227 Å². The van der Waals surface area contributed by atoms with Crippen LogP contribution in [0, 0.1) is 0 Å². The lowest BCUT2D eigenvalue weighted by Crippen LogP contribution is -3.12. The van der Waals surface area contributed by atoms with E-state index in [0.29, 0.717) is 23.9 Å². The number of ether oxygens (including phenoxy) is 2. The lowest BCUT2D eigenvalue weighted by molar-refractivity contribution is -0.896. The van der Waals surface area contributed by atoms with E-state index in [0.717, 1.165) is 25.2 Å². The molecule has 214 valence electrons. The Hall–Kier alpha value is -3.93. The monoisotopic (exact) mass is 547 g/mol. The van der Waals surface area contributed by atoms with Gasteiger partial charge in [-0.25, -0.2) is 0 Å². The minimum Gasteiger partial charge on any atom is -0.547 e. The van der Waals surface area contributed by atoms with E-state index in [9.17, 15) is 24.6 Å². The van der Waals surface area contributed by atoms with E-state index >= 15 is 0 Å². The van der Waals surface area contributed by atoms with Crippen molar-refractivity contribution in [3.05, 3.63) is 65.9 Å². The van der Waals surface area contributed by atoms with Gasteiger partial charge in [0.15, 0.2) is 11.5 Å². The predicted octanol–water partition coefficient (Wildman–Crippen LogP) is 0.208. The first-order valence-corrected chi connectivity index (χ1v) is 12.5. The summed E-state index contributed by atoms with van der Waals surface area (Å²) in [6.07, 6.45) is -1.28. The van der Waals surface area contributed by atoms with Crippen LogP contribution in [0.15, 0.2) is 60.4 Å². The molecule has 0 saturated carbocycles. The Morgan fingerprint density at radius 2 is 1.46 bits per heavy atom. The van der Waals surface area contributed by atoms with Crippen LogP contribution in [0.5, 0.6) is 11.5 Å². The normalized spacial score (nSPS) is 12.2. The highest BCUT2D eigenvalue weighted by Crippen LogP contribution is 2.29. The van der Waals surface area contributed by atoms with Crippen molar-refractivity contribution in [1.29, 1.82) is 0 Å². The molecule has 2 aromatic carbocycles. The van der Waals surface area contributed by atoms with Gasteiger partial charge in [-0.1, -0.05) is 42.5 Å². The summed E-state index contributed by atoms with van der Waals surface area (Å²) in [5.41, 5.74) is -1.87. The number of hydrogen-bond donors (Lipinski definition) is 5. The van der Waals surface area contributed by atoms with Crippen molar-refractivity contribution in [2.24, 2.45) is 0 Å². The maximum atomic E-state index is 10.2. The standard InChI is InChI=1S/C22H29NO3.C6H8O7/c1-4-23(5-2)15-16-25-20-13-9-10-14-21(20)26-22(18(3)24)17-19-11-7-6-8-12-19;7-3(8)1-6(13,5(11)12)2-4(9)10/h6-14,17-18,24H,4-5,15-16H2,1-3H3;13H,1-2H2,(H,7,8)(H,9,10)(H,11,12)/b22-17+;. The predicted molar refractivity (Wildman–Crippen MR) is 140 cm³/mol. The zero-order valence-corrected chi connectivity index (χ0v) is 22.3. The summed E-state index contributed by atoms with van der Waals surface area (Å²) in [7, 11) is 0. The first-order chi connectivity index (χ1) is 18.4. The van der Waals surface area contributed by atoms with Gasteiger partial charge in [0.2, 0.25) is 0 Å². The molecule has 0 aliphatic heterocycles. The summed E-state index contributed by atoms with van der Waals surface area (Å²) < 4.78 is 11.9. The van der Waals surface area contributed by atoms with Crippen molar-refractivity contribution in [3.8, 4) is 11.5 Å². The quantitative estimate of drug-likeness (QED) is 0.194. The number of hydrogen-bond acceptors (Lipinski definition) is 8. The molecule has 0 fully saturated rings. The lowest BCUT2D eigenvalue weighted by Gasteiger charge is -2.25. The number of nitrogens with one attached hydrogen (secondary N) is 1. The Bertz CT molecular complexity index is 1060. The van der Waals surface area contributed by atoms with Gasteiger partial charge in [-0.2, -0.15) is 0 Å². The second kappa shape index (κ2) is 16.8. The highest BCUT2D eigenvalue weighted by atomic mass is 16.5. The Morgan fingerprint density at radius 1 is 0.949 bits per heavy atom. The Kier molecular flexibility index (Phi) is 14.3. The minimum absolute atomic E-state index is 0.488. The first-order valence-electron chi connectivity index (χ1n) is 12.5. The van der Waals surface area contributed by atoms with E-state index in [1.54, 1.807) is 6.92 Å². The van der Waals surface area contributed by atoms with Crippen molar-refractivity contribution < 1.29 is 54.3 Å². The van der Waals surface area contributed by atoms with Gasteiger partial charge in [0, 0.05) is 0 Å². The molecular formula is C28H37NO10. The van der Waals surface area contributed by atoms with Crippen LogP contribution in [-0.4, -0.2) is 76.3 Å². The molecule has 2 aromatic rings. The number of quaternary nitrogens is 1. The topological polar surface area (TPSA) is 178 Å². The summed E-state index contributed by atoms with van der Waals surface area (Å²) in [6, 6.07) is 17.4. The van der Waals surface area contributed by atoms with E-state index in [-0.39, 0.29) is 0 Å². The molecule has 0 aliphatic carbocycles. The van der Waals surface area contributed by atoms with Gasteiger partial charge in [0.1, 0.15) is 30.6 Å². The van der Waals surface area contributed by atoms with Crippen LogP contribution < -0.4 is 19.5 Å². The van der Waals surface area contributed by atoms with Gasteiger partial charge in [-0.15, -0.1) is 0 Å². The van der Waals surface area contributed by atoms with E-state index in [4.69, 9.17) is 24.8 Å². The molecule has 11 heteroatoms. The molecule has 0 radical (unpaired) electrons. The molecule has 11 nitrogen and oxygen atoms in total. The first kappa shape index (κ1) is 33.1. The number of carbonyl (C=O) groups excluding carboxylic acids is 1. The average Bonchev–Trinajstić information content (AvgIpc) is 2.87. The summed E-state index contributed by atoms with van der Waals surface area (Å²) in [5, 5.41) is 45.6. The van der Waals surface area contributed by atoms with Crippen molar-refractivity contribution in [2.75, 3.05) is 26.2 Å². The van der Waals surface area contributed by atoms with Crippen molar-refractivity contribution in [2.45, 2.75) is 45.3 Å². The fourth-order valence-corrected chi connectivity index (χ4v) is 3.35. The van der Waals surface area contributed by atoms with Crippen LogP contribution in [0.1, 0.15) is 39.2 Å². The molecule has 1 atom stereocenters. The molecule has 39 heavy (non-hydrogen) atoms. The largest absolute Gasteiger partial charge is 0.547 e. The van der Waals surface area contributed by atoms with Crippen molar-refractivity contribution >= 4 is 24.0 Å². The van der Waals surface area contributed by atoms with Gasteiger partial charge < -0.3 is 44.7 Å². The number of aliphatic hydroxyl groups is 2. The minimum atomic E-state index is -2.85. The van der Waals surface area contributed by atoms with Crippen LogP contribution in [0.4, 0.5) is 0 Å². The van der Waals surface area contributed by atoms with Crippen molar-refractivity contribution in [1.82, 2.24) is 0 Å². The van der Waals surface area contributed by atoms with Crippen LogP contribution >= 0.6 is 0 Å². The second-order valence-corrected chi connectivity index (χ2v) is 8.70.